The Morgan fingerprint density at radius 3 is 2.77 bits per heavy atom. The van der Waals surface area contributed by atoms with Crippen molar-refractivity contribution >= 4 is 41.5 Å². The third-order valence-corrected chi connectivity index (χ3v) is 4.58. The predicted molar refractivity (Wildman–Crippen MR) is 128 cm³/mol. The van der Waals surface area contributed by atoms with Gasteiger partial charge in [-0.1, -0.05) is 30.3 Å². The Morgan fingerprint density at radius 2 is 2.03 bits per heavy atom. The minimum atomic E-state index is -0.361. The lowest BCUT2D eigenvalue weighted by molar-refractivity contribution is -0.124. The average molecular weight is 526 g/mol. The van der Waals surface area contributed by atoms with E-state index in [9.17, 15) is 9.18 Å². The lowest BCUT2D eigenvalue weighted by Gasteiger charge is -2.13. The quantitative estimate of drug-likeness (QED) is 0.292. The molecule has 3 N–H and O–H groups in total. The molecule has 1 amide bonds. The van der Waals surface area contributed by atoms with Crippen molar-refractivity contribution < 1.29 is 13.9 Å². The number of hydrogen-bond donors (Lipinski definition) is 3. The van der Waals surface area contributed by atoms with E-state index in [4.69, 9.17) is 4.74 Å². The van der Waals surface area contributed by atoms with Crippen LogP contribution in [0.4, 0.5) is 10.1 Å². The van der Waals surface area contributed by atoms with Gasteiger partial charge >= 0.3 is 0 Å². The van der Waals surface area contributed by atoms with Gasteiger partial charge in [-0.15, -0.1) is 24.0 Å². The second-order valence-electron chi connectivity index (χ2n) is 6.83. The van der Waals surface area contributed by atoms with Gasteiger partial charge in [0.15, 0.2) is 5.96 Å². The van der Waals surface area contributed by atoms with E-state index in [1.807, 2.05) is 31.2 Å². The number of guanidine groups is 1. The predicted octanol–water partition coefficient (Wildman–Crippen LogP) is 3.82. The van der Waals surface area contributed by atoms with Gasteiger partial charge in [0.1, 0.15) is 11.9 Å². The molecule has 1 unspecified atom stereocenters. The van der Waals surface area contributed by atoms with E-state index in [0.29, 0.717) is 37.8 Å². The van der Waals surface area contributed by atoms with Crippen LogP contribution in [-0.4, -0.2) is 31.1 Å². The molecule has 162 valence electrons. The van der Waals surface area contributed by atoms with Crippen molar-refractivity contribution in [3.05, 3.63) is 65.5 Å². The van der Waals surface area contributed by atoms with Gasteiger partial charge in [-0.25, -0.2) is 9.38 Å². The van der Waals surface area contributed by atoms with Gasteiger partial charge in [-0.05, 0) is 43.5 Å². The monoisotopic (exact) mass is 526 g/mol. The molecule has 3 rings (SSSR count). The Hall–Kier alpha value is -2.20. The third-order valence-electron chi connectivity index (χ3n) is 4.58. The first-order valence-electron chi connectivity index (χ1n) is 9.92. The maximum absolute atomic E-state index is 13.8. The third kappa shape index (κ3) is 7.24. The van der Waals surface area contributed by atoms with Crippen molar-refractivity contribution in [3.8, 4) is 0 Å². The fraction of sp³-hybridized carbons (Fsp3) is 0.364. The molecule has 1 saturated heterocycles. The molecule has 0 saturated carbocycles. The molecule has 1 atom stereocenters. The molecule has 2 aromatic carbocycles. The van der Waals surface area contributed by atoms with Gasteiger partial charge in [-0.2, -0.15) is 0 Å². The van der Waals surface area contributed by atoms with E-state index in [1.54, 1.807) is 18.2 Å². The molecule has 6 nitrogen and oxygen atoms in total. The van der Waals surface area contributed by atoms with Crippen molar-refractivity contribution in [1.29, 1.82) is 0 Å². The molecule has 0 aromatic heterocycles. The number of carbonyl (C=O) groups is 1. The molecule has 1 aliphatic heterocycles. The van der Waals surface area contributed by atoms with Crippen LogP contribution >= 0.6 is 24.0 Å². The first-order chi connectivity index (χ1) is 14.2. The molecule has 1 aliphatic rings. The van der Waals surface area contributed by atoms with E-state index in [0.717, 1.165) is 24.1 Å². The number of nitrogens with one attached hydrogen (secondary N) is 3. The van der Waals surface area contributed by atoms with Gasteiger partial charge in [-0.3, -0.25) is 4.79 Å². The van der Waals surface area contributed by atoms with Crippen LogP contribution in [0.15, 0.2) is 53.5 Å². The number of halogens is 2. The number of amides is 1. The largest absolute Gasteiger partial charge is 0.368 e. The Labute approximate surface area is 193 Å². The zero-order chi connectivity index (χ0) is 20.5. The maximum Gasteiger partial charge on any atom is 0.253 e. The van der Waals surface area contributed by atoms with Crippen molar-refractivity contribution in [2.45, 2.75) is 39.0 Å². The lowest BCUT2D eigenvalue weighted by atomic mass is 10.2. The van der Waals surface area contributed by atoms with Crippen LogP contribution in [0.1, 0.15) is 30.9 Å². The zero-order valence-corrected chi connectivity index (χ0v) is 19.3. The summed E-state index contributed by atoms with van der Waals surface area (Å²) in [7, 11) is 0. The van der Waals surface area contributed by atoms with Crippen molar-refractivity contribution in [2.75, 3.05) is 18.5 Å². The second kappa shape index (κ2) is 12.5. The molecule has 8 heteroatoms. The van der Waals surface area contributed by atoms with Crippen molar-refractivity contribution in [1.82, 2.24) is 10.6 Å². The normalized spacial score (nSPS) is 15.9. The molecule has 2 aromatic rings. The standard InChI is InChI=1S/C22H27FN4O2.HI/c1-2-24-22(26-15-17-8-3-4-10-19(17)23)25-14-16-7-5-9-18(13-16)27-21(28)20-11-6-12-29-20;/h3-5,7-10,13,20H,2,6,11-12,14-15H2,1H3,(H,27,28)(H2,24,25,26);1H. The molecule has 1 heterocycles. The van der Waals surface area contributed by atoms with Crippen LogP contribution in [0.25, 0.3) is 0 Å². The number of anilines is 1. The van der Waals surface area contributed by atoms with Crippen molar-refractivity contribution in [2.24, 2.45) is 4.99 Å². The number of hydrogen-bond acceptors (Lipinski definition) is 3. The molecule has 1 fully saturated rings. The van der Waals surface area contributed by atoms with E-state index in [2.05, 4.69) is 20.9 Å². The van der Waals surface area contributed by atoms with Crippen LogP contribution in [0, 0.1) is 5.82 Å². The lowest BCUT2D eigenvalue weighted by Crippen LogP contribution is -2.37. The highest BCUT2D eigenvalue weighted by Gasteiger charge is 2.23. The van der Waals surface area contributed by atoms with Crippen LogP contribution < -0.4 is 16.0 Å². The van der Waals surface area contributed by atoms with Crippen LogP contribution in [0.3, 0.4) is 0 Å². The highest BCUT2D eigenvalue weighted by Crippen LogP contribution is 2.16. The summed E-state index contributed by atoms with van der Waals surface area (Å²) in [5.74, 6) is 0.248. The summed E-state index contributed by atoms with van der Waals surface area (Å²) in [5.41, 5.74) is 2.26. The number of carbonyl (C=O) groups excluding carboxylic acids is 1. The Kier molecular flexibility index (Phi) is 10.0. The molecule has 0 aliphatic carbocycles. The summed E-state index contributed by atoms with van der Waals surface area (Å²) in [5, 5.41) is 9.21. The van der Waals surface area contributed by atoms with E-state index >= 15 is 0 Å². The van der Waals surface area contributed by atoms with Crippen LogP contribution in [0.2, 0.25) is 0 Å². The van der Waals surface area contributed by atoms with Gasteiger partial charge in [0, 0.05) is 30.9 Å². The smallest absolute Gasteiger partial charge is 0.253 e. The molecule has 0 spiro atoms. The fourth-order valence-electron chi connectivity index (χ4n) is 3.09. The number of nitrogens with zero attached hydrogens (tertiary/aromatic N) is 1. The Balaban J connectivity index is 0.00000320. The maximum atomic E-state index is 13.8. The minimum absolute atomic E-state index is 0. The summed E-state index contributed by atoms with van der Waals surface area (Å²) in [6.45, 7) is 4.08. The summed E-state index contributed by atoms with van der Waals surface area (Å²) in [4.78, 5) is 16.8. The molecular formula is C22H28FIN4O2. The Bertz CT molecular complexity index is 857. The van der Waals surface area contributed by atoms with Crippen LogP contribution in [-0.2, 0) is 22.6 Å². The average Bonchev–Trinajstić information content (AvgIpc) is 3.26. The first-order valence-corrected chi connectivity index (χ1v) is 9.92. The summed E-state index contributed by atoms with van der Waals surface area (Å²) in [6.07, 6.45) is 1.31. The summed E-state index contributed by atoms with van der Waals surface area (Å²) in [6, 6.07) is 14.2. The van der Waals surface area contributed by atoms with Gasteiger partial charge in [0.25, 0.3) is 5.91 Å². The van der Waals surface area contributed by atoms with Crippen LogP contribution in [0.5, 0.6) is 0 Å². The number of benzene rings is 2. The second-order valence-corrected chi connectivity index (χ2v) is 6.83. The van der Waals surface area contributed by atoms with Crippen molar-refractivity contribution in [3.63, 3.8) is 0 Å². The molecular weight excluding hydrogens is 498 g/mol. The SMILES string of the molecule is CCNC(=NCc1cccc(NC(=O)C2CCCO2)c1)NCc1ccccc1F.I. The van der Waals surface area contributed by atoms with E-state index < -0.39 is 0 Å². The summed E-state index contributed by atoms with van der Waals surface area (Å²) < 4.78 is 19.2. The zero-order valence-electron chi connectivity index (χ0n) is 17.0. The molecule has 0 bridgehead atoms. The first kappa shape index (κ1) is 24.1. The Morgan fingerprint density at radius 1 is 1.20 bits per heavy atom. The van der Waals surface area contributed by atoms with E-state index in [1.165, 1.54) is 6.07 Å². The fourth-order valence-corrected chi connectivity index (χ4v) is 3.09. The highest BCUT2D eigenvalue weighted by molar-refractivity contribution is 14.0. The van der Waals surface area contributed by atoms with Gasteiger partial charge in [0.2, 0.25) is 0 Å². The highest BCUT2D eigenvalue weighted by atomic mass is 127. The van der Waals surface area contributed by atoms with Gasteiger partial charge < -0.3 is 20.7 Å². The minimum Gasteiger partial charge on any atom is -0.368 e. The number of aliphatic imine (C=N–C) groups is 1. The topological polar surface area (TPSA) is 74.8 Å². The summed E-state index contributed by atoms with van der Waals surface area (Å²) >= 11 is 0. The molecule has 30 heavy (non-hydrogen) atoms. The van der Waals surface area contributed by atoms with E-state index in [-0.39, 0.29) is 41.8 Å². The van der Waals surface area contributed by atoms with Gasteiger partial charge in [0.05, 0.1) is 6.54 Å². The number of ether oxygens (including phenoxy) is 1. The number of rotatable bonds is 7. The molecule has 0 radical (unpaired) electrons.